The summed E-state index contributed by atoms with van der Waals surface area (Å²) in [7, 11) is 0.169. The number of hydrogen-bond acceptors (Lipinski definition) is 13. The molecular weight excluding hydrogens is 1100 g/mol. The van der Waals surface area contributed by atoms with Crippen LogP contribution in [0.3, 0.4) is 0 Å². The van der Waals surface area contributed by atoms with E-state index in [0.717, 1.165) is 51.4 Å². The van der Waals surface area contributed by atoms with Crippen molar-refractivity contribution in [2.24, 2.45) is 10.8 Å². The summed E-state index contributed by atoms with van der Waals surface area (Å²) in [5, 5.41) is 1.93. The third-order valence-electron chi connectivity index (χ3n) is 16.9. The molecule has 0 saturated carbocycles. The summed E-state index contributed by atoms with van der Waals surface area (Å²) in [6.45, 7) is 30.4. The zero-order chi connectivity index (χ0) is 61.6. The monoisotopic (exact) mass is 1200 g/mol. The standard InChI is InChI=1S/C71H98O12SSi/c1-50-40-57(38-39-69(10,11)64-33-25-28-56(81-64)43-63(77-48-54-34-36-55(74-14)37-35-54)51(2)78-49-76-47-53-26-19-16-20-27-53)80-60(41-50)46-71(75-15)70(12,13)65(79-52(3)72)44-58(82-71)42-59(45-66(73)84-67(4,5)6)83-85(68(7,8)9,61-29-21-17-22-30-61)62-31-23-18-24-32-62/h16-24,26-27,29-39,51,56-60,63,65H,1,25,28,40-49H2,2-15H3/b39-38+/t51-,56+,57+,58-,59-,60+,63-,65+,71+/m1/s1. The SMILES string of the molecule is C=C1C[C@@H](C[C@]2(OC)O[C@H](C[C@H](CC(=O)SC(C)(C)C)O[Si](c3ccccc3)(c3ccccc3)C(C)(C)C)C[C@H](OC(C)=O)C2(C)C)O[C@@H](/C=C/C(C)(C)C2=CCC[C@@H](C[C@@H](OCc3ccc(OC)cc3)[C@@H](C)OCOCc3ccccc3)O2)C1. The molecular formula is C71H98O12SSi. The number of carbonyl (C=O) groups is 2. The Balaban J connectivity index is 1.08. The fourth-order valence-electron chi connectivity index (χ4n) is 12.3. The van der Waals surface area contributed by atoms with Gasteiger partial charge in [-0.05, 0) is 97.6 Å². The van der Waals surface area contributed by atoms with Crippen LogP contribution in [0.25, 0.3) is 0 Å². The molecule has 3 aliphatic heterocycles. The molecule has 0 unspecified atom stereocenters. The number of ether oxygens (including phenoxy) is 9. The van der Waals surface area contributed by atoms with Gasteiger partial charge in [-0.15, -0.1) is 0 Å². The molecule has 4 aromatic rings. The van der Waals surface area contributed by atoms with E-state index in [4.69, 9.17) is 47.1 Å². The van der Waals surface area contributed by atoms with Crippen LogP contribution in [0.1, 0.15) is 152 Å². The molecule has 0 N–H and O–H groups in total. The van der Waals surface area contributed by atoms with Crippen LogP contribution < -0.4 is 15.1 Å². The average Bonchev–Trinajstić information content (AvgIpc) is 0.892. The number of benzene rings is 4. The Morgan fingerprint density at radius 3 is 2.00 bits per heavy atom. The quantitative estimate of drug-likeness (QED) is 0.0185. The van der Waals surface area contributed by atoms with Crippen molar-refractivity contribution in [2.75, 3.05) is 21.0 Å². The second-order valence-corrected chi connectivity index (χ2v) is 32.7. The predicted octanol–water partition coefficient (Wildman–Crippen LogP) is 14.6. The molecule has 0 amide bonds. The highest BCUT2D eigenvalue weighted by Crippen LogP contribution is 2.52. The maximum Gasteiger partial charge on any atom is 0.302 e. The summed E-state index contributed by atoms with van der Waals surface area (Å²) in [5.41, 5.74) is 1.86. The van der Waals surface area contributed by atoms with E-state index in [1.165, 1.54) is 18.7 Å². The van der Waals surface area contributed by atoms with Crippen LogP contribution >= 0.6 is 11.8 Å². The maximum absolute atomic E-state index is 14.3. The molecule has 2 saturated heterocycles. The van der Waals surface area contributed by atoms with E-state index in [2.05, 4.69) is 129 Å². The van der Waals surface area contributed by atoms with E-state index in [9.17, 15) is 9.59 Å². The smallest absolute Gasteiger partial charge is 0.302 e. The minimum atomic E-state index is -3.16. The molecule has 2 fully saturated rings. The Morgan fingerprint density at radius 1 is 0.788 bits per heavy atom. The van der Waals surface area contributed by atoms with Gasteiger partial charge in [-0.1, -0.05) is 195 Å². The molecule has 0 aromatic heterocycles. The highest BCUT2D eigenvalue weighted by atomic mass is 32.2. The van der Waals surface area contributed by atoms with Crippen molar-refractivity contribution in [3.63, 3.8) is 0 Å². The number of methoxy groups -OCH3 is 2. The van der Waals surface area contributed by atoms with Gasteiger partial charge in [0, 0.05) is 49.9 Å². The lowest BCUT2D eigenvalue weighted by molar-refractivity contribution is -0.358. The average molecular weight is 1200 g/mol. The zero-order valence-corrected chi connectivity index (χ0v) is 55.1. The Morgan fingerprint density at radius 2 is 1.41 bits per heavy atom. The minimum absolute atomic E-state index is 0.0421. The van der Waals surface area contributed by atoms with Crippen LogP contribution in [-0.4, -0.2) is 99.8 Å². The summed E-state index contributed by atoms with van der Waals surface area (Å²) in [6.07, 6.45) is 8.34. The summed E-state index contributed by atoms with van der Waals surface area (Å²) < 4.78 is 66.1. The molecule has 12 nitrogen and oxygen atoms in total. The largest absolute Gasteiger partial charge is 0.497 e. The van der Waals surface area contributed by atoms with Crippen LogP contribution in [0.15, 0.2) is 151 Å². The van der Waals surface area contributed by atoms with E-state index >= 15 is 0 Å². The van der Waals surface area contributed by atoms with E-state index < -0.39 is 43.2 Å². The van der Waals surface area contributed by atoms with Gasteiger partial charge in [-0.3, -0.25) is 9.59 Å². The van der Waals surface area contributed by atoms with Gasteiger partial charge >= 0.3 is 5.97 Å². The van der Waals surface area contributed by atoms with Crippen LogP contribution in [0.4, 0.5) is 0 Å². The Hall–Kier alpha value is -4.87. The van der Waals surface area contributed by atoms with Gasteiger partial charge in [0.2, 0.25) is 0 Å². The van der Waals surface area contributed by atoms with Crippen molar-refractivity contribution < 1.29 is 56.6 Å². The highest BCUT2D eigenvalue weighted by Gasteiger charge is 2.60. The number of carbonyl (C=O) groups excluding carboxylic acids is 2. The van der Waals surface area contributed by atoms with E-state index in [1.54, 1.807) is 14.2 Å². The molecule has 9 atom stereocenters. The topological polar surface area (TPSA) is 126 Å². The number of rotatable bonds is 27. The highest BCUT2D eigenvalue weighted by molar-refractivity contribution is 8.14. The fraction of sp³-hybridized carbons (Fsp3) is 0.549. The fourth-order valence-corrected chi connectivity index (χ4v) is 18.0. The molecule has 0 radical (unpaired) electrons. The third kappa shape index (κ3) is 18.4. The molecule has 85 heavy (non-hydrogen) atoms. The Labute approximate surface area is 514 Å². The molecule has 3 aliphatic rings. The number of hydrogen-bond donors (Lipinski definition) is 0. The first-order valence-electron chi connectivity index (χ1n) is 30.5. The lowest BCUT2D eigenvalue weighted by Gasteiger charge is -2.56. The number of thioether (sulfide) groups is 1. The van der Waals surface area contributed by atoms with Crippen LogP contribution in [0.2, 0.25) is 5.04 Å². The third-order valence-corrected chi connectivity index (χ3v) is 23.0. The maximum atomic E-state index is 14.3. The molecule has 7 rings (SSSR count). The van der Waals surface area contributed by atoms with Crippen LogP contribution in [-0.2, 0) is 65.1 Å². The van der Waals surface area contributed by atoms with Crippen molar-refractivity contribution in [3.8, 4) is 5.75 Å². The number of esters is 1. The van der Waals surface area contributed by atoms with Gasteiger partial charge in [0.25, 0.3) is 8.32 Å². The first-order chi connectivity index (χ1) is 40.2. The normalized spacial score (nSPS) is 23.3. The van der Waals surface area contributed by atoms with Crippen LogP contribution in [0.5, 0.6) is 5.75 Å². The van der Waals surface area contributed by atoms with E-state index in [-0.39, 0.29) is 64.6 Å². The Kier molecular flexibility index (Phi) is 23.8. The van der Waals surface area contributed by atoms with Gasteiger partial charge in [0.05, 0.1) is 62.4 Å². The molecule has 464 valence electrons. The number of allylic oxidation sites excluding steroid dienone is 2. The molecule has 0 bridgehead atoms. The lowest BCUT2D eigenvalue weighted by Crippen LogP contribution is -2.68. The molecule has 14 heteroatoms. The van der Waals surface area contributed by atoms with Crippen LogP contribution in [0, 0.1) is 10.8 Å². The summed E-state index contributed by atoms with van der Waals surface area (Å²) in [5.74, 6) is 0.0128. The second-order valence-electron chi connectivity index (χ2n) is 26.6. The first kappa shape index (κ1) is 67.6. The molecule has 0 aliphatic carbocycles. The summed E-state index contributed by atoms with van der Waals surface area (Å²) in [4.78, 5) is 27.4. The van der Waals surface area contributed by atoms with Crippen molar-refractivity contribution in [2.45, 2.75) is 218 Å². The zero-order valence-electron chi connectivity index (χ0n) is 53.3. The van der Waals surface area contributed by atoms with E-state index in [1.807, 2.05) is 87.5 Å². The van der Waals surface area contributed by atoms with E-state index in [0.29, 0.717) is 51.7 Å². The Bertz CT molecular complexity index is 2770. The van der Waals surface area contributed by atoms with Gasteiger partial charge in [0.1, 0.15) is 30.5 Å². The lowest BCUT2D eigenvalue weighted by atomic mass is 9.70. The van der Waals surface area contributed by atoms with Gasteiger partial charge in [-0.2, -0.15) is 0 Å². The van der Waals surface area contributed by atoms with Gasteiger partial charge < -0.3 is 47.1 Å². The van der Waals surface area contributed by atoms with Crippen molar-refractivity contribution in [3.05, 3.63) is 163 Å². The minimum Gasteiger partial charge on any atom is -0.497 e. The first-order valence-corrected chi connectivity index (χ1v) is 33.2. The molecule has 3 heterocycles. The second kappa shape index (κ2) is 29.9. The molecule has 4 aromatic carbocycles. The van der Waals surface area contributed by atoms with Crippen molar-refractivity contribution >= 4 is 41.5 Å². The summed E-state index contributed by atoms with van der Waals surface area (Å²) >= 11 is 1.33. The summed E-state index contributed by atoms with van der Waals surface area (Å²) in [6, 6.07) is 39.0. The van der Waals surface area contributed by atoms with Crippen molar-refractivity contribution in [1.29, 1.82) is 0 Å². The van der Waals surface area contributed by atoms with Gasteiger partial charge in [0.15, 0.2) is 10.9 Å². The molecule has 0 spiro atoms. The van der Waals surface area contributed by atoms with Crippen molar-refractivity contribution in [1.82, 2.24) is 0 Å². The predicted molar refractivity (Wildman–Crippen MR) is 342 cm³/mol. The van der Waals surface area contributed by atoms with Gasteiger partial charge in [-0.25, -0.2) is 0 Å².